The third-order valence-electron chi connectivity index (χ3n) is 3.50. The van der Waals surface area contributed by atoms with E-state index in [1.165, 1.54) is 5.39 Å². The monoisotopic (exact) mass is 242 g/mol. The number of rotatable bonds is 1. The van der Waals surface area contributed by atoms with E-state index in [0.717, 1.165) is 31.0 Å². The lowest BCUT2D eigenvalue weighted by Crippen LogP contribution is -2.56. The van der Waals surface area contributed by atoms with Gasteiger partial charge in [-0.2, -0.15) is 0 Å². The molecule has 0 bridgehead atoms. The molecule has 18 heavy (non-hydrogen) atoms. The van der Waals surface area contributed by atoms with Gasteiger partial charge in [-0.15, -0.1) is 0 Å². The highest BCUT2D eigenvalue weighted by Gasteiger charge is 2.22. The molecular weight excluding hydrogens is 224 g/mol. The van der Waals surface area contributed by atoms with Gasteiger partial charge in [-0.1, -0.05) is 18.2 Å². The summed E-state index contributed by atoms with van der Waals surface area (Å²) in [6, 6.07) is 12.3. The molecule has 0 spiro atoms. The minimum absolute atomic E-state index is 0.0254. The van der Waals surface area contributed by atoms with Crippen molar-refractivity contribution in [2.24, 2.45) is 5.73 Å². The summed E-state index contributed by atoms with van der Waals surface area (Å²) < 4.78 is 0. The van der Waals surface area contributed by atoms with Crippen LogP contribution in [0.25, 0.3) is 10.9 Å². The van der Waals surface area contributed by atoms with Crippen LogP contribution in [-0.4, -0.2) is 42.7 Å². The van der Waals surface area contributed by atoms with E-state index in [9.17, 15) is 0 Å². The number of benzene rings is 1. The molecular formula is C14H18N4. The van der Waals surface area contributed by atoms with Crippen molar-refractivity contribution in [3.8, 4) is 0 Å². The lowest BCUT2D eigenvalue weighted by molar-refractivity contribution is 0.269. The SMILES string of the molecule is CN1CCN(c2ccc3ccccc3n2)C(N)C1. The number of para-hydroxylation sites is 1. The molecule has 1 atom stereocenters. The van der Waals surface area contributed by atoms with E-state index in [1.807, 2.05) is 18.2 Å². The van der Waals surface area contributed by atoms with Crippen LogP contribution in [0.1, 0.15) is 0 Å². The van der Waals surface area contributed by atoms with Gasteiger partial charge in [-0.3, -0.25) is 0 Å². The molecule has 0 saturated carbocycles. The zero-order valence-corrected chi connectivity index (χ0v) is 10.6. The summed E-state index contributed by atoms with van der Waals surface area (Å²) in [7, 11) is 2.10. The Morgan fingerprint density at radius 3 is 2.83 bits per heavy atom. The summed E-state index contributed by atoms with van der Waals surface area (Å²) in [6.07, 6.45) is 0.0254. The van der Waals surface area contributed by atoms with Gasteiger partial charge in [-0.05, 0) is 25.2 Å². The number of nitrogens with zero attached hydrogens (tertiary/aromatic N) is 3. The van der Waals surface area contributed by atoms with Crippen molar-refractivity contribution in [1.82, 2.24) is 9.88 Å². The zero-order chi connectivity index (χ0) is 12.5. The summed E-state index contributed by atoms with van der Waals surface area (Å²) in [4.78, 5) is 9.14. The van der Waals surface area contributed by atoms with Crippen LogP contribution in [0, 0.1) is 0 Å². The number of aromatic nitrogens is 1. The van der Waals surface area contributed by atoms with Crippen molar-refractivity contribution in [2.75, 3.05) is 31.6 Å². The van der Waals surface area contributed by atoms with Crippen molar-refractivity contribution in [3.63, 3.8) is 0 Å². The molecule has 1 aliphatic rings. The molecule has 0 aliphatic carbocycles. The predicted octanol–water partition coefficient (Wildman–Crippen LogP) is 1.27. The van der Waals surface area contributed by atoms with E-state index in [2.05, 4.69) is 35.0 Å². The molecule has 94 valence electrons. The second-order valence-corrected chi connectivity index (χ2v) is 4.89. The molecule has 1 fully saturated rings. The van der Waals surface area contributed by atoms with Gasteiger partial charge in [0.1, 0.15) is 5.82 Å². The topological polar surface area (TPSA) is 45.4 Å². The number of anilines is 1. The van der Waals surface area contributed by atoms with E-state index in [-0.39, 0.29) is 6.17 Å². The van der Waals surface area contributed by atoms with E-state index in [1.54, 1.807) is 0 Å². The van der Waals surface area contributed by atoms with E-state index in [0.29, 0.717) is 0 Å². The number of nitrogens with two attached hydrogens (primary N) is 1. The average Bonchev–Trinajstić information content (AvgIpc) is 2.38. The van der Waals surface area contributed by atoms with E-state index >= 15 is 0 Å². The Morgan fingerprint density at radius 2 is 2.00 bits per heavy atom. The van der Waals surface area contributed by atoms with Crippen LogP contribution in [0.4, 0.5) is 5.82 Å². The minimum Gasteiger partial charge on any atom is -0.339 e. The fraction of sp³-hybridized carbons (Fsp3) is 0.357. The number of piperazine rings is 1. The van der Waals surface area contributed by atoms with Crippen LogP contribution >= 0.6 is 0 Å². The first kappa shape index (κ1) is 11.4. The summed E-state index contributed by atoms with van der Waals surface area (Å²) in [5.74, 6) is 0.981. The largest absolute Gasteiger partial charge is 0.339 e. The van der Waals surface area contributed by atoms with Crippen molar-refractivity contribution >= 4 is 16.7 Å². The van der Waals surface area contributed by atoms with Crippen LogP contribution in [0.5, 0.6) is 0 Å². The van der Waals surface area contributed by atoms with Crippen LogP contribution in [0.2, 0.25) is 0 Å². The molecule has 3 rings (SSSR count). The van der Waals surface area contributed by atoms with Gasteiger partial charge in [0.2, 0.25) is 0 Å². The number of hydrogen-bond donors (Lipinski definition) is 1. The molecule has 1 aliphatic heterocycles. The third kappa shape index (κ3) is 2.05. The van der Waals surface area contributed by atoms with Gasteiger partial charge in [0.05, 0.1) is 11.7 Å². The molecule has 4 nitrogen and oxygen atoms in total. The average molecular weight is 242 g/mol. The second kappa shape index (κ2) is 4.55. The van der Waals surface area contributed by atoms with Crippen LogP contribution in [0.3, 0.4) is 0 Å². The first-order chi connectivity index (χ1) is 8.74. The second-order valence-electron chi connectivity index (χ2n) is 4.89. The lowest BCUT2D eigenvalue weighted by atomic mass is 10.2. The lowest BCUT2D eigenvalue weighted by Gasteiger charge is -2.38. The predicted molar refractivity (Wildman–Crippen MR) is 74.6 cm³/mol. The maximum atomic E-state index is 6.19. The standard InChI is InChI=1S/C14H18N4/c1-17-8-9-18(13(15)10-17)14-7-6-11-4-2-3-5-12(11)16-14/h2-7,13H,8-10,15H2,1H3. The van der Waals surface area contributed by atoms with Gasteiger partial charge in [-0.25, -0.2) is 4.98 Å². The van der Waals surface area contributed by atoms with Crippen molar-refractivity contribution in [3.05, 3.63) is 36.4 Å². The molecule has 2 heterocycles. The number of hydrogen-bond acceptors (Lipinski definition) is 4. The Balaban J connectivity index is 1.94. The molecule has 1 aromatic carbocycles. The van der Waals surface area contributed by atoms with Crippen molar-refractivity contribution < 1.29 is 0 Å². The summed E-state index contributed by atoms with van der Waals surface area (Å²) in [5, 5.41) is 1.17. The summed E-state index contributed by atoms with van der Waals surface area (Å²) in [6.45, 7) is 2.85. The zero-order valence-electron chi connectivity index (χ0n) is 10.6. The minimum atomic E-state index is 0.0254. The van der Waals surface area contributed by atoms with Gasteiger partial charge in [0, 0.05) is 25.0 Å². The Kier molecular flexibility index (Phi) is 2.89. The van der Waals surface area contributed by atoms with Crippen LogP contribution < -0.4 is 10.6 Å². The Bertz CT molecular complexity index is 554. The Morgan fingerprint density at radius 1 is 1.17 bits per heavy atom. The smallest absolute Gasteiger partial charge is 0.130 e. The molecule has 2 N–H and O–H groups in total. The van der Waals surface area contributed by atoms with Gasteiger partial charge < -0.3 is 15.5 Å². The molecule has 0 radical (unpaired) electrons. The fourth-order valence-corrected chi connectivity index (χ4v) is 2.45. The quantitative estimate of drug-likeness (QED) is 0.818. The van der Waals surface area contributed by atoms with E-state index < -0.39 is 0 Å². The molecule has 1 saturated heterocycles. The first-order valence-corrected chi connectivity index (χ1v) is 6.30. The number of likely N-dealkylation sites (N-methyl/N-ethyl adjacent to an activating group) is 1. The van der Waals surface area contributed by atoms with Gasteiger partial charge >= 0.3 is 0 Å². The number of pyridine rings is 1. The molecule has 0 amide bonds. The van der Waals surface area contributed by atoms with E-state index in [4.69, 9.17) is 10.7 Å². The Labute approximate surface area is 107 Å². The number of fused-ring (bicyclic) bond motifs is 1. The summed E-state index contributed by atoms with van der Waals surface area (Å²) >= 11 is 0. The fourth-order valence-electron chi connectivity index (χ4n) is 2.45. The molecule has 4 heteroatoms. The van der Waals surface area contributed by atoms with Crippen molar-refractivity contribution in [2.45, 2.75) is 6.17 Å². The normalized spacial score (nSPS) is 21.4. The molecule has 2 aromatic rings. The Hall–Kier alpha value is -1.65. The van der Waals surface area contributed by atoms with Crippen LogP contribution in [0.15, 0.2) is 36.4 Å². The molecule has 1 unspecified atom stereocenters. The summed E-state index contributed by atoms with van der Waals surface area (Å²) in [5.41, 5.74) is 7.22. The maximum Gasteiger partial charge on any atom is 0.130 e. The van der Waals surface area contributed by atoms with Crippen LogP contribution in [-0.2, 0) is 0 Å². The first-order valence-electron chi connectivity index (χ1n) is 6.30. The maximum absolute atomic E-state index is 6.19. The van der Waals surface area contributed by atoms with Gasteiger partial charge in [0.25, 0.3) is 0 Å². The third-order valence-corrected chi connectivity index (χ3v) is 3.50. The highest BCUT2D eigenvalue weighted by Crippen LogP contribution is 2.20. The van der Waals surface area contributed by atoms with Gasteiger partial charge in [0.15, 0.2) is 0 Å². The molecule has 1 aromatic heterocycles. The highest BCUT2D eigenvalue weighted by molar-refractivity contribution is 5.80. The highest BCUT2D eigenvalue weighted by atomic mass is 15.3. The van der Waals surface area contributed by atoms with Crippen molar-refractivity contribution in [1.29, 1.82) is 0 Å².